The molecule has 30 heavy (non-hydrogen) atoms. The van der Waals surface area contributed by atoms with Gasteiger partial charge in [-0.25, -0.2) is 9.69 Å². The van der Waals surface area contributed by atoms with Crippen LogP contribution in [0.25, 0.3) is 0 Å². The first-order valence-electron chi connectivity index (χ1n) is 12.0. The first kappa shape index (κ1) is 21.8. The molecule has 1 spiro atoms. The molecule has 6 heteroatoms. The van der Waals surface area contributed by atoms with Gasteiger partial charge in [0.2, 0.25) is 0 Å². The average Bonchev–Trinajstić information content (AvgIpc) is 3.03. The summed E-state index contributed by atoms with van der Waals surface area (Å²) in [6.07, 6.45) is 15.7. The van der Waals surface area contributed by atoms with E-state index in [2.05, 4.69) is 9.80 Å². The lowest BCUT2D eigenvalue weighted by Gasteiger charge is -2.53. The normalized spacial score (nSPS) is 27.2. The number of amides is 2. The van der Waals surface area contributed by atoms with E-state index in [4.69, 9.17) is 4.74 Å². The van der Waals surface area contributed by atoms with Crippen LogP contribution in [0.3, 0.4) is 0 Å². The van der Waals surface area contributed by atoms with Gasteiger partial charge in [0.1, 0.15) is 5.60 Å². The van der Waals surface area contributed by atoms with Gasteiger partial charge in [-0.05, 0) is 46.5 Å². The minimum atomic E-state index is -0.623. The Balaban J connectivity index is 1.61. The highest BCUT2D eigenvalue weighted by Crippen LogP contribution is 2.37. The molecule has 0 unspecified atom stereocenters. The van der Waals surface area contributed by atoms with Crippen molar-refractivity contribution in [1.82, 2.24) is 14.7 Å². The Kier molecular flexibility index (Phi) is 6.27. The molecule has 1 saturated heterocycles. The van der Waals surface area contributed by atoms with Crippen molar-refractivity contribution in [3.8, 4) is 0 Å². The molecule has 0 atom stereocenters. The number of carbonyl (C=O) groups excluding carboxylic acids is 2. The molecule has 0 radical (unpaired) electrons. The molecule has 168 valence electrons. The van der Waals surface area contributed by atoms with Crippen LogP contribution < -0.4 is 0 Å². The molecular weight excluding hydrogens is 378 g/mol. The summed E-state index contributed by atoms with van der Waals surface area (Å²) in [6, 6.07) is 1.10. The minimum Gasteiger partial charge on any atom is -0.443 e. The maximum Gasteiger partial charge on any atom is 0.418 e. The molecule has 6 nitrogen and oxygen atoms in total. The Morgan fingerprint density at radius 2 is 1.43 bits per heavy atom. The van der Waals surface area contributed by atoms with Crippen LogP contribution >= 0.6 is 0 Å². The second kappa shape index (κ2) is 8.62. The highest BCUT2D eigenvalue weighted by Gasteiger charge is 2.52. The first-order valence-corrected chi connectivity index (χ1v) is 12.0. The fraction of sp³-hybridized carbons (Fsp3) is 0.833. The van der Waals surface area contributed by atoms with Crippen LogP contribution in [0.15, 0.2) is 12.2 Å². The summed E-state index contributed by atoms with van der Waals surface area (Å²) in [4.78, 5) is 32.5. The van der Waals surface area contributed by atoms with E-state index in [1.54, 1.807) is 6.08 Å². The Morgan fingerprint density at radius 3 is 1.90 bits per heavy atom. The Morgan fingerprint density at radius 1 is 0.933 bits per heavy atom. The fourth-order valence-corrected chi connectivity index (χ4v) is 5.89. The zero-order chi connectivity index (χ0) is 21.4. The van der Waals surface area contributed by atoms with Crippen LogP contribution in [0.2, 0.25) is 0 Å². The van der Waals surface area contributed by atoms with Crippen molar-refractivity contribution in [2.75, 3.05) is 19.8 Å². The van der Waals surface area contributed by atoms with E-state index >= 15 is 0 Å². The largest absolute Gasteiger partial charge is 0.443 e. The number of hydrogen-bond donors (Lipinski definition) is 0. The van der Waals surface area contributed by atoms with Crippen LogP contribution in [0.1, 0.15) is 85.0 Å². The summed E-state index contributed by atoms with van der Waals surface area (Å²) in [5.41, 5.74) is -1.24. The third kappa shape index (κ3) is 4.59. The summed E-state index contributed by atoms with van der Waals surface area (Å²) in [5, 5.41) is 0. The molecule has 0 aromatic carbocycles. The Bertz CT molecular complexity index is 646. The summed E-state index contributed by atoms with van der Waals surface area (Å²) in [7, 11) is 0. The van der Waals surface area contributed by atoms with Crippen LogP contribution in [0.5, 0.6) is 0 Å². The van der Waals surface area contributed by atoms with Crippen molar-refractivity contribution in [2.45, 2.75) is 108 Å². The molecule has 2 amide bonds. The number of rotatable bonds is 2. The highest BCUT2D eigenvalue weighted by atomic mass is 16.6. The second-order valence-corrected chi connectivity index (χ2v) is 10.8. The van der Waals surface area contributed by atoms with Crippen molar-refractivity contribution in [3.05, 3.63) is 12.2 Å². The van der Waals surface area contributed by atoms with E-state index in [1.807, 2.05) is 26.8 Å². The molecule has 2 saturated carbocycles. The summed E-state index contributed by atoms with van der Waals surface area (Å²) >= 11 is 0. The van der Waals surface area contributed by atoms with Crippen molar-refractivity contribution in [2.24, 2.45) is 0 Å². The third-order valence-electron chi connectivity index (χ3n) is 7.28. The molecule has 4 aliphatic rings. The number of hydrogen-bond acceptors (Lipinski definition) is 5. The lowest BCUT2D eigenvalue weighted by atomic mass is 9.87. The molecule has 2 aliphatic carbocycles. The van der Waals surface area contributed by atoms with Crippen LogP contribution in [0.4, 0.5) is 4.79 Å². The number of ether oxygens (including phenoxy) is 1. The molecule has 0 bridgehead atoms. The van der Waals surface area contributed by atoms with Gasteiger partial charge in [-0.1, -0.05) is 44.6 Å². The average molecular weight is 418 g/mol. The molecule has 3 fully saturated rings. The molecule has 4 rings (SSSR count). The van der Waals surface area contributed by atoms with Gasteiger partial charge < -0.3 is 4.74 Å². The number of imide groups is 1. The van der Waals surface area contributed by atoms with Crippen molar-refractivity contribution < 1.29 is 14.3 Å². The third-order valence-corrected chi connectivity index (χ3v) is 7.28. The number of carbonyl (C=O) groups is 2. The van der Waals surface area contributed by atoms with E-state index in [9.17, 15) is 9.59 Å². The van der Waals surface area contributed by atoms with Crippen molar-refractivity contribution in [1.29, 1.82) is 0 Å². The summed E-state index contributed by atoms with van der Waals surface area (Å²) in [6.45, 7) is 7.98. The summed E-state index contributed by atoms with van der Waals surface area (Å²) in [5.74, 6) is -0.238. The van der Waals surface area contributed by atoms with E-state index in [1.165, 1.54) is 69.1 Å². The van der Waals surface area contributed by atoms with Gasteiger partial charge in [-0.2, -0.15) is 0 Å². The van der Waals surface area contributed by atoms with E-state index in [-0.39, 0.29) is 5.91 Å². The second-order valence-electron chi connectivity index (χ2n) is 10.8. The van der Waals surface area contributed by atoms with Crippen molar-refractivity contribution in [3.63, 3.8) is 0 Å². The summed E-state index contributed by atoms with van der Waals surface area (Å²) < 4.78 is 5.67. The lowest BCUT2D eigenvalue weighted by Crippen LogP contribution is -2.69. The van der Waals surface area contributed by atoms with Gasteiger partial charge >= 0.3 is 6.09 Å². The fourth-order valence-electron chi connectivity index (χ4n) is 5.89. The van der Waals surface area contributed by atoms with E-state index in [0.717, 1.165) is 19.8 Å². The maximum atomic E-state index is 13.1. The Hall–Kier alpha value is -1.40. The van der Waals surface area contributed by atoms with Gasteiger partial charge in [0, 0.05) is 31.2 Å². The Labute approximate surface area is 181 Å². The lowest BCUT2D eigenvalue weighted by molar-refractivity contribution is -0.133. The van der Waals surface area contributed by atoms with Gasteiger partial charge in [0.25, 0.3) is 5.91 Å². The van der Waals surface area contributed by atoms with Crippen LogP contribution in [-0.4, -0.2) is 69.7 Å². The molecular formula is C24H39N3O3. The van der Waals surface area contributed by atoms with Crippen LogP contribution in [-0.2, 0) is 9.53 Å². The zero-order valence-corrected chi connectivity index (χ0v) is 19.1. The number of nitrogens with zero attached hydrogens (tertiary/aromatic N) is 3. The molecule has 2 aliphatic heterocycles. The highest BCUT2D eigenvalue weighted by molar-refractivity contribution is 6.02. The maximum absolute atomic E-state index is 13.1. The van der Waals surface area contributed by atoms with E-state index < -0.39 is 17.2 Å². The molecule has 0 N–H and O–H groups in total. The first-order chi connectivity index (χ1) is 14.3. The smallest absolute Gasteiger partial charge is 0.418 e. The molecule has 2 heterocycles. The molecule has 0 aromatic heterocycles. The predicted molar refractivity (Wildman–Crippen MR) is 117 cm³/mol. The molecule has 0 aromatic rings. The monoisotopic (exact) mass is 417 g/mol. The quantitative estimate of drug-likeness (QED) is 0.670. The topological polar surface area (TPSA) is 53.1 Å². The van der Waals surface area contributed by atoms with Gasteiger partial charge in [-0.3, -0.25) is 14.6 Å². The van der Waals surface area contributed by atoms with Crippen molar-refractivity contribution >= 4 is 12.0 Å². The predicted octanol–water partition coefficient (Wildman–Crippen LogP) is 4.30. The van der Waals surface area contributed by atoms with Gasteiger partial charge in [0.15, 0.2) is 0 Å². The van der Waals surface area contributed by atoms with E-state index in [0.29, 0.717) is 12.1 Å². The SMILES string of the molecule is CC(C)(C)OC(=O)N1C(=O)C=CC12CN(C1CCCCC1)CN(C1CCCCC1)C2. The minimum absolute atomic E-state index is 0.238. The zero-order valence-electron chi connectivity index (χ0n) is 19.1. The van der Waals surface area contributed by atoms with Crippen LogP contribution in [0, 0.1) is 0 Å². The van der Waals surface area contributed by atoms with Gasteiger partial charge in [-0.15, -0.1) is 0 Å². The standard InChI is InChI=1S/C24H39N3O3/c1-23(2,3)30-22(29)27-21(28)14-15-24(27)16-25(19-10-6-4-7-11-19)18-26(17-24)20-12-8-5-9-13-20/h14-15,19-20H,4-13,16-18H2,1-3H3. The van der Waals surface area contributed by atoms with Gasteiger partial charge in [0.05, 0.1) is 12.2 Å².